The maximum atomic E-state index is 5.83. The summed E-state index contributed by atoms with van der Waals surface area (Å²) in [7, 11) is 0. The van der Waals surface area contributed by atoms with Crippen LogP contribution >= 0.6 is 0 Å². The van der Waals surface area contributed by atoms with Crippen molar-refractivity contribution in [3.8, 4) is 5.88 Å². The van der Waals surface area contributed by atoms with Gasteiger partial charge >= 0.3 is 0 Å². The number of rotatable bonds is 2. The molecule has 0 atom stereocenters. The van der Waals surface area contributed by atoms with Gasteiger partial charge in [-0.15, -0.1) is 0 Å². The molecular weight excluding hydrogens is 188 g/mol. The Labute approximate surface area is 90.7 Å². The Kier molecular flexibility index (Phi) is 3.43. The molecule has 2 rings (SSSR count). The zero-order chi connectivity index (χ0) is 10.5. The lowest BCUT2D eigenvalue weighted by molar-refractivity contribution is 0.177. The molecule has 1 aromatic heterocycles. The number of hydrogen-bond donors (Lipinski definition) is 1. The topological polar surface area (TPSA) is 48.1 Å². The van der Waals surface area contributed by atoms with Gasteiger partial charge in [0.15, 0.2) is 0 Å². The highest BCUT2D eigenvalue weighted by Gasteiger charge is 2.15. The first kappa shape index (κ1) is 10.3. The van der Waals surface area contributed by atoms with Gasteiger partial charge in [0, 0.05) is 6.20 Å². The van der Waals surface area contributed by atoms with Crippen LogP contribution in [0.5, 0.6) is 5.88 Å². The molecule has 1 heterocycles. The Morgan fingerprint density at radius 3 is 2.60 bits per heavy atom. The van der Waals surface area contributed by atoms with E-state index in [9.17, 15) is 0 Å². The lowest BCUT2D eigenvalue weighted by Gasteiger charge is -2.16. The number of nitrogens with zero attached hydrogens (tertiary/aromatic N) is 1. The maximum Gasteiger partial charge on any atom is 0.237 e. The quantitative estimate of drug-likeness (QED) is 0.757. The molecule has 0 unspecified atom stereocenters. The molecule has 3 nitrogen and oxygen atoms in total. The number of hydrogen-bond acceptors (Lipinski definition) is 3. The van der Waals surface area contributed by atoms with Gasteiger partial charge in [0.25, 0.3) is 0 Å². The Balaban J connectivity index is 1.98. The van der Waals surface area contributed by atoms with E-state index < -0.39 is 0 Å². The average Bonchev–Trinajstić information content (AvgIpc) is 2.50. The van der Waals surface area contributed by atoms with Gasteiger partial charge in [0.2, 0.25) is 5.88 Å². The summed E-state index contributed by atoms with van der Waals surface area (Å²) >= 11 is 0. The molecule has 3 heteroatoms. The molecule has 0 saturated heterocycles. The highest BCUT2D eigenvalue weighted by atomic mass is 16.5. The van der Waals surface area contributed by atoms with Crippen molar-refractivity contribution in [2.24, 2.45) is 0 Å². The lowest BCUT2D eigenvalue weighted by Crippen LogP contribution is -2.16. The van der Waals surface area contributed by atoms with E-state index >= 15 is 0 Å². The molecule has 0 aliphatic heterocycles. The molecule has 0 amide bonds. The molecule has 2 N–H and O–H groups in total. The van der Waals surface area contributed by atoms with Crippen molar-refractivity contribution in [3.05, 3.63) is 18.3 Å². The van der Waals surface area contributed by atoms with E-state index in [1.54, 1.807) is 6.20 Å². The van der Waals surface area contributed by atoms with E-state index in [1.165, 1.54) is 25.7 Å². The summed E-state index contributed by atoms with van der Waals surface area (Å²) in [6, 6.07) is 3.66. The van der Waals surface area contributed by atoms with E-state index in [-0.39, 0.29) is 0 Å². The minimum Gasteiger partial charge on any atom is -0.473 e. The van der Waals surface area contributed by atoms with E-state index in [0.717, 1.165) is 12.8 Å². The summed E-state index contributed by atoms with van der Waals surface area (Å²) in [6.45, 7) is 0. The Hall–Kier alpha value is -1.25. The number of anilines is 1. The summed E-state index contributed by atoms with van der Waals surface area (Å²) in [5.41, 5.74) is 6.43. The fraction of sp³-hybridized carbons (Fsp3) is 0.583. The van der Waals surface area contributed by atoms with Crippen LogP contribution in [0.1, 0.15) is 38.5 Å². The normalized spacial score (nSPS) is 18.4. The first-order valence-electron chi connectivity index (χ1n) is 5.73. The van der Waals surface area contributed by atoms with Crippen LogP contribution in [0.2, 0.25) is 0 Å². The lowest BCUT2D eigenvalue weighted by atomic mass is 10.1. The van der Waals surface area contributed by atoms with E-state index in [2.05, 4.69) is 4.98 Å². The fourth-order valence-corrected chi connectivity index (χ4v) is 2.02. The van der Waals surface area contributed by atoms with Gasteiger partial charge < -0.3 is 10.5 Å². The molecular formula is C12H18N2O. The van der Waals surface area contributed by atoms with Crippen molar-refractivity contribution in [1.82, 2.24) is 4.98 Å². The van der Waals surface area contributed by atoms with Crippen LogP contribution in [-0.4, -0.2) is 11.1 Å². The van der Waals surface area contributed by atoms with Crippen molar-refractivity contribution in [2.45, 2.75) is 44.6 Å². The molecule has 1 aliphatic rings. The summed E-state index contributed by atoms with van der Waals surface area (Å²) < 4.78 is 5.83. The highest BCUT2D eigenvalue weighted by molar-refractivity contribution is 5.46. The zero-order valence-electron chi connectivity index (χ0n) is 8.98. The molecule has 1 aliphatic carbocycles. The van der Waals surface area contributed by atoms with Gasteiger partial charge in [-0.2, -0.15) is 0 Å². The highest BCUT2D eigenvalue weighted by Crippen LogP contribution is 2.24. The van der Waals surface area contributed by atoms with E-state index in [4.69, 9.17) is 10.5 Å². The van der Waals surface area contributed by atoms with Crippen molar-refractivity contribution in [3.63, 3.8) is 0 Å². The van der Waals surface area contributed by atoms with Crippen molar-refractivity contribution < 1.29 is 4.74 Å². The number of pyridine rings is 1. The van der Waals surface area contributed by atoms with Gasteiger partial charge in [0.1, 0.15) is 6.10 Å². The van der Waals surface area contributed by atoms with Gasteiger partial charge in [-0.1, -0.05) is 12.8 Å². The first-order chi connectivity index (χ1) is 7.36. The smallest absolute Gasteiger partial charge is 0.237 e. The molecule has 1 aromatic rings. The number of aromatic nitrogens is 1. The van der Waals surface area contributed by atoms with Gasteiger partial charge in [0.05, 0.1) is 5.69 Å². The molecule has 1 fully saturated rings. The van der Waals surface area contributed by atoms with Gasteiger partial charge in [-0.25, -0.2) is 4.98 Å². The van der Waals surface area contributed by atoms with Crippen molar-refractivity contribution in [1.29, 1.82) is 0 Å². The summed E-state index contributed by atoms with van der Waals surface area (Å²) in [5.74, 6) is 0.601. The summed E-state index contributed by atoms with van der Waals surface area (Å²) in [5, 5.41) is 0. The predicted octanol–water partition coefficient (Wildman–Crippen LogP) is 2.77. The standard InChI is InChI=1S/C12H18N2O/c13-11-8-5-9-14-12(11)15-10-6-3-1-2-4-7-10/h5,8-10H,1-4,6-7,13H2. The molecule has 15 heavy (non-hydrogen) atoms. The van der Waals surface area contributed by atoms with Crippen LogP contribution in [0.4, 0.5) is 5.69 Å². The maximum absolute atomic E-state index is 5.83. The van der Waals surface area contributed by atoms with Crippen LogP contribution in [0.15, 0.2) is 18.3 Å². The Morgan fingerprint density at radius 2 is 1.93 bits per heavy atom. The van der Waals surface area contributed by atoms with Crippen molar-refractivity contribution >= 4 is 5.69 Å². The van der Waals surface area contributed by atoms with Crippen LogP contribution in [0, 0.1) is 0 Å². The third kappa shape index (κ3) is 2.85. The largest absolute Gasteiger partial charge is 0.473 e. The summed E-state index contributed by atoms with van der Waals surface area (Å²) in [4.78, 5) is 4.16. The van der Waals surface area contributed by atoms with Crippen LogP contribution in [0.3, 0.4) is 0 Å². The Bertz CT molecular complexity index is 306. The molecule has 82 valence electrons. The van der Waals surface area contributed by atoms with Crippen LogP contribution in [-0.2, 0) is 0 Å². The SMILES string of the molecule is Nc1cccnc1OC1CCCCCC1. The molecule has 0 radical (unpaired) electrons. The van der Waals surface area contributed by atoms with Gasteiger partial charge in [-0.3, -0.25) is 0 Å². The molecule has 1 saturated carbocycles. The summed E-state index contributed by atoms with van der Waals surface area (Å²) in [6.07, 6.45) is 9.49. The second kappa shape index (κ2) is 5.01. The van der Waals surface area contributed by atoms with Crippen LogP contribution in [0.25, 0.3) is 0 Å². The van der Waals surface area contributed by atoms with Crippen LogP contribution < -0.4 is 10.5 Å². The average molecular weight is 206 g/mol. The number of ether oxygens (including phenoxy) is 1. The van der Waals surface area contributed by atoms with E-state index in [1.807, 2.05) is 12.1 Å². The predicted molar refractivity (Wildman–Crippen MR) is 60.8 cm³/mol. The second-order valence-corrected chi connectivity index (χ2v) is 4.13. The number of nitrogen functional groups attached to an aromatic ring is 1. The van der Waals surface area contributed by atoms with Gasteiger partial charge in [-0.05, 0) is 37.8 Å². The minimum absolute atomic E-state index is 0.310. The first-order valence-corrected chi connectivity index (χ1v) is 5.73. The van der Waals surface area contributed by atoms with E-state index in [0.29, 0.717) is 17.7 Å². The molecule has 0 aromatic carbocycles. The minimum atomic E-state index is 0.310. The molecule has 0 bridgehead atoms. The third-order valence-corrected chi connectivity index (χ3v) is 2.88. The Morgan fingerprint density at radius 1 is 1.20 bits per heavy atom. The monoisotopic (exact) mass is 206 g/mol. The van der Waals surface area contributed by atoms with Crippen molar-refractivity contribution in [2.75, 3.05) is 5.73 Å². The third-order valence-electron chi connectivity index (χ3n) is 2.88. The fourth-order valence-electron chi connectivity index (χ4n) is 2.02. The molecule has 0 spiro atoms. The number of nitrogens with two attached hydrogens (primary N) is 1. The second-order valence-electron chi connectivity index (χ2n) is 4.13. The zero-order valence-corrected chi connectivity index (χ0v) is 8.98.